The standard InChI is InChI=1S/C14H21NO3S/c1-4-5-8-18-11(2)13(16)15-10-14(3,17)12-7-6-9-19-12/h4,6-7,9,11,17H,1,5,8,10H2,2-3H3,(H,15,16). The molecule has 0 radical (unpaired) electrons. The van der Waals surface area contributed by atoms with Gasteiger partial charge in [0.25, 0.3) is 0 Å². The summed E-state index contributed by atoms with van der Waals surface area (Å²) in [5, 5.41) is 14.9. The summed E-state index contributed by atoms with van der Waals surface area (Å²) in [7, 11) is 0. The highest BCUT2D eigenvalue weighted by atomic mass is 32.1. The van der Waals surface area contributed by atoms with Crippen molar-refractivity contribution in [1.82, 2.24) is 5.32 Å². The molecule has 4 nitrogen and oxygen atoms in total. The second-order valence-corrected chi connectivity index (χ2v) is 5.51. The summed E-state index contributed by atoms with van der Waals surface area (Å²) in [6, 6.07) is 3.72. The highest BCUT2D eigenvalue weighted by molar-refractivity contribution is 7.10. The highest BCUT2D eigenvalue weighted by Gasteiger charge is 2.25. The van der Waals surface area contributed by atoms with Gasteiger partial charge in [0, 0.05) is 4.88 Å². The Morgan fingerprint density at radius 3 is 3.05 bits per heavy atom. The zero-order valence-electron chi connectivity index (χ0n) is 11.4. The van der Waals surface area contributed by atoms with Crippen LogP contribution in [-0.2, 0) is 15.1 Å². The van der Waals surface area contributed by atoms with Gasteiger partial charge in [0.05, 0.1) is 13.2 Å². The van der Waals surface area contributed by atoms with Crippen LogP contribution in [0.25, 0.3) is 0 Å². The van der Waals surface area contributed by atoms with Gasteiger partial charge < -0.3 is 15.2 Å². The minimum absolute atomic E-state index is 0.168. The zero-order valence-corrected chi connectivity index (χ0v) is 12.2. The van der Waals surface area contributed by atoms with E-state index in [-0.39, 0.29) is 12.5 Å². The van der Waals surface area contributed by atoms with Gasteiger partial charge in [-0.2, -0.15) is 0 Å². The summed E-state index contributed by atoms with van der Waals surface area (Å²) in [5.41, 5.74) is -1.05. The molecule has 1 amide bonds. The number of hydrogen-bond acceptors (Lipinski definition) is 4. The number of amides is 1. The van der Waals surface area contributed by atoms with E-state index in [9.17, 15) is 9.90 Å². The van der Waals surface area contributed by atoms with Gasteiger partial charge in [0.1, 0.15) is 11.7 Å². The maximum Gasteiger partial charge on any atom is 0.248 e. The topological polar surface area (TPSA) is 58.6 Å². The van der Waals surface area contributed by atoms with Crippen molar-refractivity contribution in [3.8, 4) is 0 Å². The van der Waals surface area contributed by atoms with Crippen LogP contribution >= 0.6 is 11.3 Å². The molecule has 2 N–H and O–H groups in total. The molecule has 0 saturated heterocycles. The molecule has 0 bridgehead atoms. The lowest BCUT2D eigenvalue weighted by atomic mass is 10.1. The van der Waals surface area contributed by atoms with Crippen molar-refractivity contribution < 1.29 is 14.6 Å². The normalized spacial score (nSPS) is 15.5. The van der Waals surface area contributed by atoms with E-state index >= 15 is 0 Å². The SMILES string of the molecule is C=CCCOC(C)C(=O)NCC(C)(O)c1cccs1. The molecule has 0 saturated carbocycles. The quantitative estimate of drug-likeness (QED) is 0.567. The van der Waals surface area contributed by atoms with Gasteiger partial charge >= 0.3 is 0 Å². The van der Waals surface area contributed by atoms with Crippen molar-refractivity contribution in [3.05, 3.63) is 35.0 Å². The molecule has 1 heterocycles. The van der Waals surface area contributed by atoms with Gasteiger partial charge in [-0.1, -0.05) is 12.1 Å². The second kappa shape index (κ2) is 7.43. The van der Waals surface area contributed by atoms with Gasteiger partial charge in [-0.15, -0.1) is 17.9 Å². The summed E-state index contributed by atoms with van der Waals surface area (Å²) < 4.78 is 5.34. The van der Waals surface area contributed by atoms with E-state index in [0.29, 0.717) is 13.0 Å². The first kappa shape index (κ1) is 15.9. The summed E-state index contributed by atoms with van der Waals surface area (Å²) in [5.74, 6) is -0.221. The van der Waals surface area contributed by atoms with Crippen molar-refractivity contribution in [2.45, 2.75) is 32.0 Å². The zero-order chi connectivity index (χ0) is 14.3. The molecule has 2 unspecified atom stereocenters. The molecule has 19 heavy (non-hydrogen) atoms. The van der Waals surface area contributed by atoms with Gasteiger partial charge in [-0.3, -0.25) is 4.79 Å². The summed E-state index contributed by atoms with van der Waals surface area (Å²) in [6.45, 7) is 7.60. The molecule has 0 aromatic carbocycles. The third-order valence-corrected chi connectivity index (χ3v) is 3.84. The lowest BCUT2D eigenvalue weighted by Crippen LogP contribution is -2.42. The predicted octanol–water partition coefficient (Wildman–Crippen LogP) is 2.05. The van der Waals surface area contributed by atoms with E-state index in [0.717, 1.165) is 4.88 Å². The highest BCUT2D eigenvalue weighted by Crippen LogP contribution is 2.24. The van der Waals surface area contributed by atoms with Crippen LogP contribution in [0.2, 0.25) is 0 Å². The molecular weight excluding hydrogens is 262 g/mol. The maximum atomic E-state index is 11.8. The molecule has 5 heteroatoms. The van der Waals surface area contributed by atoms with Crippen molar-refractivity contribution in [1.29, 1.82) is 0 Å². The van der Waals surface area contributed by atoms with Crippen LogP contribution in [0, 0.1) is 0 Å². The van der Waals surface area contributed by atoms with Gasteiger partial charge in [0.15, 0.2) is 0 Å². The summed E-state index contributed by atoms with van der Waals surface area (Å²) >= 11 is 1.46. The van der Waals surface area contributed by atoms with E-state index in [4.69, 9.17) is 4.74 Å². The molecule has 1 aromatic rings. The first-order valence-corrected chi connectivity index (χ1v) is 7.12. The molecular formula is C14H21NO3S. The average Bonchev–Trinajstić information content (AvgIpc) is 2.90. The largest absolute Gasteiger partial charge is 0.383 e. The molecule has 0 aliphatic carbocycles. The van der Waals surface area contributed by atoms with Gasteiger partial charge in [-0.05, 0) is 31.7 Å². The average molecular weight is 283 g/mol. The number of carbonyl (C=O) groups is 1. The molecule has 106 valence electrons. The third-order valence-electron chi connectivity index (χ3n) is 2.72. The van der Waals surface area contributed by atoms with Crippen LogP contribution in [0.1, 0.15) is 25.1 Å². The number of carbonyl (C=O) groups excluding carboxylic acids is 1. The molecule has 1 rings (SSSR count). The number of ether oxygens (including phenoxy) is 1. The van der Waals surface area contributed by atoms with Crippen LogP contribution in [0.3, 0.4) is 0 Å². The van der Waals surface area contributed by atoms with Crippen molar-refractivity contribution >= 4 is 17.2 Å². The number of nitrogens with one attached hydrogen (secondary N) is 1. The van der Waals surface area contributed by atoms with Crippen LogP contribution in [0.4, 0.5) is 0 Å². The van der Waals surface area contributed by atoms with E-state index in [2.05, 4.69) is 11.9 Å². The van der Waals surface area contributed by atoms with E-state index in [1.165, 1.54) is 11.3 Å². The van der Waals surface area contributed by atoms with Crippen LogP contribution in [0.5, 0.6) is 0 Å². The van der Waals surface area contributed by atoms with E-state index < -0.39 is 11.7 Å². The monoisotopic (exact) mass is 283 g/mol. The number of thiophene rings is 1. The Kier molecular flexibility index (Phi) is 6.21. The lowest BCUT2D eigenvalue weighted by molar-refractivity contribution is -0.132. The third kappa shape index (κ3) is 5.14. The maximum absolute atomic E-state index is 11.8. The van der Waals surface area contributed by atoms with Gasteiger partial charge in [0.2, 0.25) is 5.91 Å². The Morgan fingerprint density at radius 2 is 2.47 bits per heavy atom. The lowest BCUT2D eigenvalue weighted by Gasteiger charge is -2.23. The van der Waals surface area contributed by atoms with Crippen molar-refractivity contribution in [2.24, 2.45) is 0 Å². The fraction of sp³-hybridized carbons (Fsp3) is 0.500. The fourth-order valence-corrected chi connectivity index (χ4v) is 2.27. The van der Waals surface area contributed by atoms with Crippen LogP contribution in [0.15, 0.2) is 30.2 Å². The van der Waals surface area contributed by atoms with Crippen molar-refractivity contribution in [3.63, 3.8) is 0 Å². The molecule has 0 aliphatic rings. The molecule has 0 aliphatic heterocycles. The number of rotatable bonds is 8. The Balaban J connectivity index is 2.39. The Labute approximate surface area is 118 Å². The van der Waals surface area contributed by atoms with Crippen LogP contribution in [-0.4, -0.2) is 30.3 Å². The van der Waals surface area contributed by atoms with Crippen LogP contribution < -0.4 is 5.32 Å². The summed E-state index contributed by atoms with van der Waals surface area (Å²) in [6.07, 6.45) is 1.93. The number of hydrogen-bond donors (Lipinski definition) is 2. The minimum atomic E-state index is -1.05. The predicted molar refractivity (Wildman–Crippen MR) is 77.1 cm³/mol. The first-order valence-electron chi connectivity index (χ1n) is 6.24. The first-order chi connectivity index (χ1) is 8.97. The number of aliphatic hydroxyl groups is 1. The molecule has 0 fully saturated rings. The van der Waals surface area contributed by atoms with E-state index in [1.807, 2.05) is 17.5 Å². The van der Waals surface area contributed by atoms with E-state index in [1.54, 1.807) is 19.9 Å². The Bertz CT molecular complexity index is 401. The fourth-order valence-electron chi connectivity index (χ4n) is 1.48. The smallest absolute Gasteiger partial charge is 0.248 e. The summed E-state index contributed by atoms with van der Waals surface area (Å²) in [4.78, 5) is 12.6. The van der Waals surface area contributed by atoms with Gasteiger partial charge in [-0.25, -0.2) is 0 Å². The Hall–Kier alpha value is -1.17. The second-order valence-electron chi connectivity index (χ2n) is 4.56. The molecule has 2 atom stereocenters. The Morgan fingerprint density at radius 1 is 1.74 bits per heavy atom. The minimum Gasteiger partial charge on any atom is -0.383 e. The molecule has 1 aromatic heterocycles. The molecule has 0 spiro atoms. The van der Waals surface area contributed by atoms with Crippen molar-refractivity contribution in [2.75, 3.05) is 13.2 Å².